The molecule has 1 aromatic rings. The largest absolute Gasteiger partial charge is 0.490 e. The Hall–Kier alpha value is -3.27. The number of alkyl halides is 3. The number of nitrogens with one attached hydrogen (secondary N) is 1. The van der Waals surface area contributed by atoms with E-state index in [2.05, 4.69) is 15.3 Å². The van der Waals surface area contributed by atoms with E-state index in [0.717, 1.165) is 0 Å². The van der Waals surface area contributed by atoms with Gasteiger partial charge in [0, 0.05) is 38.0 Å². The molecule has 0 aromatic carbocycles. The lowest BCUT2D eigenvalue weighted by atomic mass is 10.1. The quantitative estimate of drug-likeness (QED) is 0.132. The zero-order valence-electron chi connectivity index (χ0n) is 18.0. The lowest BCUT2D eigenvalue weighted by molar-refractivity contribution is -0.192. The van der Waals surface area contributed by atoms with Crippen molar-refractivity contribution in [2.45, 2.75) is 50.6 Å². The van der Waals surface area contributed by atoms with Gasteiger partial charge in [0.15, 0.2) is 11.0 Å². The smallest absolute Gasteiger partial charge is 0.475 e. The van der Waals surface area contributed by atoms with Gasteiger partial charge in [-0.2, -0.15) is 13.2 Å². The molecule has 1 saturated heterocycles. The summed E-state index contributed by atoms with van der Waals surface area (Å²) >= 11 is 1.18. The highest BCUT2D eigenvalue weighted by Crippen LogP contribution is 2.19. The number of aromatic nitrogens is 1. The minimum Gasteiger partial charge on any atom is -0.475 e. The van der Waals surface area contributed by atoms with Gasteiger partial charge in [0.25, 0.3) is 0 Å². The van der Waals surface area contributed by atoms with E-state index in [-0.39, 0.29) is 35.6 Å². The summed E-state index contributed by atoms with van der Waals surface area (Å²) in [4.78, 5) is 55.1. The van der Waals surface area contributed by atoms with Gasteiger partial charge in [-0.3, -0.25) is 19.4 Å². The molecular formula is C18H25F3N6O6S. The summed E-state index contributed by atoms with van der Waals surface area (Å²) in [6, 6.07) is -1.62. The molecule has 0 aliphatic carbocycles. The number of aliphatic carboxylic acids is 1. The minimum absolute atomic E-state index is 0.0427. The van der Waals surface area contributed by atoms with Crippen molar-refractivity contribution in [2.75, 3.05) is 13.1 Å². The van der Waals surface area contributed by atoms with Gasteiger partial charge >= 0.3 is 12.1 Å². The van der Waals surface area contributed by atoms with Crippen LogP contribution in [0.4, 0.5) is 13.2 Å². The number of amides is 2. The van der Waals surface area contributed by atoms with Gasteiger partial charge in [0.2, 0.25) is 17.6 Å². The van der Waals surface area contributed by atoms with E-state index in [1.165, 1.54) is 29.4 Å². The molecule has 16 heteroatoms. The Morgan fingerprint density at radius 3 is 2.44 bits per heavy atom. The average molecular weight is 510 g/mol. The zero-order valence-corrected chi connectivity index (χ0v) is 18.8. The average Bonchev–Trinajstić information content (AvgIpc) is 3.39. The third-order valence-electron chi connectivity index (χ3n) is 4.45. The van der Waals surface area contributed by atoms with E-state index in [9.17, 15) is 32.7 Å². The highest BCUT2D eigenvalue weighted by Gasteiger charge is 2.39. The van der Waals surface area contributed by atoms with Crippen LogP contribution in [0.25, 0.3) is 0 Å². The number of carbonyl (C=O) groups is 4. The van der Waals surface area contributed by atoms with Gasteiger partial charge in [-0.15, -0.1) is 11.3 Å². The van der Waals surface area contributed by atoms with Crippen molar-refractivity contribution < 1.29 is 42.6 Å². The fourth-order valence-corrected chi connectivity index (χ4v) is 3.58. The molecule has 0 radical (unpaired) electrons. The molecule has 3 atom stereocenters. The highest BCUT2D eigenvalue weighted by molar-refractivity contribution is 7.11. The number of aliphatic hydroxyl groups excluding tert-OH is 1. The van der Waals surface area contributed by atoms with Crippen LogP contribution < -0.4 is 16.8 Å². The van der Waals surface area contributed by atoms with Gasteiger partial charge in [-0.1, -0.05) is 0 Å². The number of rotatable bonds is 8. The first kappa shape index (κ1) is 28.8. The number of guanidine groups is 1. The number of likely N-dealkylation sites (tertiary alicyclic amines) is 1. The van der Waals surface area contributed by atoms with Crippen LogP contribution in [0.3, 0.4) is 0 Å². The van der Waals surface area contributed by atoms with Crippen LogP contribution in [-0.4, -0.2) is 87.1 Å². The molecule has 190 valence electrons. The van der Waals surface area contributed by atoms with Crippen LogP contribution >= 0.6 is 11.3 Å². The van der Waals surface area contributed by atoms with E-state index < -0.39 is 36.2 Å². The second kappa shape index (κ2) is 12.8. The first-order chi connectivity index (χ1) is 15.7. The lowest BCUT2D eigenvalue weighted by Crippen LogP contribution is -2.50. The van der Waals surface area contributed by atoms with Crippen LogP contribution in [0.2, 0.25) is 0 Å². The molecule has 34 heavy (non-hydrogen) atoms. The summed E-state index contributed by atoms with van der Waals surface area (Å²) in [6.07, 6.45) is -3.40. The van der Waals surface area contributed by atoms with Crippen molar-refractivity contribution in [3.05, 3.63) is 16.6 Å². The van der Waals surface area contributed by atoms with Gasteiger partial charge in [-0.25, -0.2) is 9.78 Å². The summed E-state index contributed by atoms with van der Waals surface area (Å²) in [5.74, 6) is -3.89. The van der Waals surface area contributed by atoms with E-state index in [0.29, 0.717) is 19.4 Å². The van der Waals surface area contributed by atoms with Gasteiger partial charge in [0.05, 0.1) is 12.1 Å². The fourth-order valence-electron chi connectivity index (χ4n) is 2.94. The number of β-amino-alcohol motifs (C(OH)–C–C–N with tert-alkyl or cyclic N) is 1. The number of aliphatic hydroxyl groups is 1. The van der Waals surface area contributed by atoms with Crippen molar-refractivity contribution in [3.8, 4) is 0 Å². The van der Waals surface area contributed by atoms with Crippen molar-refractivity contribution >= 4 is 40.9 Å². The number of nitrogens with zero attached hydrogens (tertiary/aromatic N) is 3. The van der Waals surface area contributed by atoms with Crippen molar-refractivity contribution in [2.24, 2.45) is 16.5 Å². The first-order valence-electron chi connectivity index (χ1n) is 9.78. The van der Waals surface area contributed by atoms with Crippen LogP contribution in [-0.2, 0) is 14.4 Å². The molecule has 1 aliphatic rings. The zero-order chi connectivity index (χ0) is 26.1. The second-order valence-corrected chi connectivity index (χ2v) is 7.99. The predicted octanol–water partition coefficient (Wildman–Crippen LogP) is -0.521. The Labute approximate surface area is 195 Å². The molecular weight excluding hydrogens is 485 g/mol. The number of Topliss-reactive ketones (excluding diaryl/α,β-unsaturated/α-hetero) is 1. The summed E-state index contributed by atoms with van der Waals surface area (Å²) in [5.41, 5.74) is 10.6. The van der Waals surface area contributed by atoms with E-state index in [4.69, 9.17) is 21.4 Å². The number of carbonyl (C=O) groups excluding carboxylic acids is 3. The van der Waals surface area contributed by atoms with E-state index in [1.807, 2.05) is 0 Å². The van der Waals surface area contributed by atoms with Gasteiger partial charge in [0.1, 0.15) is 6.04 Å². The summed E-state index contributed by atoms with van der Waals surface area (Å²) in [6.45, 7) is 1.76. The molecule has 0 saturated carbocycles. The predicted molar refractivity (Wildman–Crippen MR) is 114 cm³/mol. The lowest BCUT2D eigenvalue weighted by Gasteiger charge is -2.24. The minimum atomic E-state index is -5.08. The highest BCUT2D eigenvalue weighted by atomic mass is 32.1. The SMILES string of the molecule is CC(=O)N1C[C@H](O)C[C@H]1C(=O)NC(CCCN=C(N)N)C(=O)c1nccs1.O=C(O)C(F)(F)F. The molecule has 1 aliphatic heterocycles. The molecule has 2 rings (SSSR count). The van der Waals surface area contributed by atoms with Gasteiger partial charge < -0.3 is 31.9 Å². The number of ketones is 1. The maximum absolute atomic E-state index is 12.7. The normalized spacial score (nSPS) is 18.3. The number of thiazole rings is 1. The van der Waals surface area contributed by atoms with Crippen LogP contribution in [0.1, 0.15) is 36.0 Å². The molecule has 1 aromatic heterocycles. The summed E-state index contributed by atoms with van der Waals surface area (Å²) < 4.78 is 31.7. The number of carboxylic acid groups (broad SMARTS) is 1. The Bertz CT molecular complexity index is 891. The number of nitrogens with two attached hydrogens (primary N) is 2. The number of hydrogen-bond donors (Lipinski definition) is 5. The topological polar surface area (TPSA) is 201 Å². The van der Waals surface area contributed by atoms with Crippen LogP contribution in [0.5, 0.6) is 0 Å². The molecule has 1 unspecified atom stereocenters. The number of aliphatic imine (C=N–C) groups is 1. The summed E-state index contributed by atoms with van der Waals surface area (Å²) in [5, 5.41) is 21.6. The Morgan fingerprint density at radius 2 is 1.97 bits per heavy atom. The third kappa shape index (κ3) is 9.30. The maximum atomic E-state index is 12.7. The maximum Gasteiger partial charge on any atom is 0.490 e. The monoisotopic (exact) mass is 510 g/mol. The first-order valence-corrected chi connectivity index (χ1v) is 10.7. The fraction of sp³-hybridized carbons (Fsp3) is 0.556. The molecule has 0 bridgehead atoms. The number of hydrogen-bond acceptors (Lipinski definition) is 8. The van der Waals surface area contributed by atoms with Crippen molar-refractivity contribution in [1.82, 2.24) is 15.2 Å². The summed E-state index contributed by atoms with van der Waals surface area (Å²) in [7, 11) is 0. The molecule has 0 spiro atoms. The van der Waals surface area contributed by atoms with Crippen molar-refractivity contribution in [3.63, 3.8) is 0 Å². The molecule has 12 nitrogen and oxygen atoms in total. The Balaban J connectivity index is 0.000000718. The van der Waals surface area contributed by atoms with Gasteiger partial charge in [-0.05, 0) is 12.8 Å². The standard InChI is InChI=1S/C16H24N6O4S.C2HF3O2/c1-9(23)22-8-10(24)7-12(22)14(26)21-11(3-2-4-20-16(17)18)13(25)15-19-5-6-27-15;3-2(4,5)1(6)7/h5-6,10-12,24H,2-4,7-8H2,1H3,(H,21,26)(H4,17,18,20);(H,6,7)/t10-,11?,12+;/m1./s1. The van der Waals surface area contributed by atoms with Crippen molar-refractivity contribution in [1.29, 1.82) is 0 Å². The van der Waals surface area contributed by atoms with E-state index in [1.54, 1.807) is 5.38 Å². The molecule has 1 fully saturated rings. The Kier molecular flexibility index (Phi) is 10.9. The number of halogens is 3. The molecule has 7 N–H and O–H groups in total. The molecule has 2 amide bonds. The van der Waals surface area contributed by atoms with Crippen LogP contribution in [0, 0.1) is 0 Å². The van der Waals surface area contributed by atoms with E-state index >= 15 is 0 Å². The third-order valence-corrected chi connectivity index (χ3v) is 5.24. The number of carboxylic acids is 1. The second-order valence-electron chi connectivity index (χ2n) is 7.09. The molecule has 2 heterocycles. The van der Waals surface area contributed by atoms with Crippen LogP contribution in [0.15, 0.2) is 16.6 Å². The Morgan fingerprint density at radius 1 is 1.35 bits per heavy atom.